The molecule has 0 aliphatic carbocycles. The Morgan fingerprint density at radius 2 is 0.922 bits per heavy atom. The average Bonchev–Trinajstić information content (AvgIpc) is 3.14. The lowest BCUT2D eigenvalue weighted by Gasteiger charge is -2.19. The van der Waals surface area contributed by atoms with Gasteiger partial charge in [-0.3, -0.25) is 4.79 Å². The van der Waals surface area contributed by atoms with E-state index in [0.717, 1.165) is 5.56 Å². The van der Waals surface area contributed by atoms with Crippen molar-refractivity contribution in [3.8, 4) is 23.3 Å². The third-order valence-electron chi connectivity index (χ3n) is 6.63. The third-order valence-corrected chi connectivity index (χ3v) is 6.63. The predicted octanol–water partition coefficient (Wildman–Crippen LogP) is 3.18. The molecule has 0 spiro atoms. The first-order valence-corrected chi connectivity index (χ1v) is 16.9. The molecular formula is C36H54N2O13. The molecule has 2 rings (SSSR count). The van der Waals surface area contributed by atoms with Crippen LogP contribution in [0.4, 0.5) is 5.69 Å². The van der Waals surface area contributed by atoms with Crippen molar-refractivity contribution in [1.29, 1.82) is 5.26 Å². The second-order valence-electron chi connectivity index (χ2n) is 10.5. The van der Waals surface area contributed by atoms with Crippen LogP contribution in [0.2, 0.25) is 0 Å². The minimum absolute atomic E-state index is 0.167. The predicted molar refractivity (Wildman–Crippen MR) is 187 cm³/mol. The van der Waals surface area contributed by atoms with Gasteiger partial charge in [0.1, 0.15) is 19.8 Å². The van der Waals surface area contributed by atoms with Crippen LogP contribution >= 0.6 is 0 Å². The number of carbonyl (C=O) groups excluding carboxylic acids is 1. The van der Waals surface area contributed by atoms with Crippen molar-refractivity contribution in [2.24, 2.45) is 0 Å². The van der Waals surface area contributed by atoms with Gasteiger partial charge >= 0.3 is 0 Å². The fourth-order valence-electron chi connectivity index (χ4n) is 4.08. The second kappa shape index (κ2) is 30.1. The number of hydrogen-bond acceptors (Lipinski definition) is 14. The molecule has 0 unspecified atom stereocenters. The van der Waals surface area contributed by atoms with Gasteiger partial charge in [0.25, 0.3) is 5.91 Å². The molecule has 15 nitrogen and oxygen atoms in total. The lowest BCUT2D eigenvalue weighted by molar-refractivity contribution is 0.0146. The maximum absolute atomic E-state index is 13.5. The molecule has 0 radical (unpaired) electrons. The van der Waals surface area contributed by atoms with Gasteiger partial charge < -0.3 is 62.2 Å². The summed E-state index contributed by atoms with van der Waals surface area (Å²) in [6.07, 6.45) is 0.277. The number of nitrogens with zero attached hydrogens (tertiary/aromatic N) is 1. The van der Waals surface area contributed by atoms with Crippen molar-refractivity contribution in [1.82, 2.24) is 0 Å². The summed E-state index contributed by atoms with van der Waals surface area (Å²) in [6.45, 7) is 6.70. The van der Waals surface area contributed by atoms with Crippen molar-refractivity contribution in [2.75, 3.05) is 146 Å². The lowest BCUT2D eigenvalue weighted by Crippen LogP contribution is -2.17. The van der Waals surface area contributed by atoms with Crippen LogP contribution < -0.4 is 19.5 Å². The fourth-order valence-corrected chi connectivity index (χ4v) is 4.08. The number of methoxy groups -OCH3 is 3. The van der Waals surface area contributed by atoms with Crippen LogP contribution in [0.3, 0.4) is 0 Å². The normalized spacial score (nSPS) is 10.9. The summed E-state index contributed by atoms with van der Waals surface area (Å²) in [5, 5.41) is 11.9. The maximum Gasteiger partial charge on any atom is 0.255 e. The molecule has 0 aromatic heterocycles. The van der Waals surface area contributed by atoms with Gasteiger partial charge in [0.05, 0.1) is 112 Å². The Hall–Kier alpha value is -3.56. The van der Waals surface area contributed by atoms with Crippen LogP contribution in [-0.4, -0.2) is 146 Å². The molecular weight excluding hydrogens is 668 g/mol. The molecule has 1 amide bonds. The van der Waals surface area contributed by atoms with Gasteiger partial charge in [-0.05, 0) is 29.8 Å². The summed E-state index contributed by atoms with van der Waals surface area (Å²) in [5.41, 5.74) is 1.69. The number of nitriles is 1. The van der Waals surface area contributed by atoms with E-state index in [2.05, 4.69) is 11.4 Å². The average molecular weight is 723 g/mol. The Morgan fingerprint density at radius 1 is 0.549 bits per heavy atom. The minimum atomic E-state index is -0.394. The van der Waals surface area contributed by atoms with Gasteiger partial charge in [-0.15, -0.1) is 0 Å². The van der Waals surface area contributed by atoms with Gasteiger partial charge in [-0.1, -0.05) is 12.1 Å². The van der Waals surface area contributed by atoms with Crippen LogP contribution in [0.25, 0.3) is 0 Å². The Morgan fingerprint density at radius 3 is 1.31 bits per heavy atom. The van der Waals surface area contributed by atoms with Gasteiger partial charge in [0, 0.05) is 32.6 Å². The standard InChI is InChI=1S/C36H54N2O13/c1-40-10-13-43-16-19-46-22-25-49-33-28-31(36(39)38-32-6-4-30(5-7-32)8-9-37)29-34(50-26-23-47-20-17-44-14-11-41-2)35(33)51-27-24-48-21-18-45-15-12-42-3/h4-7,28-29H,8,10-27H2,1-3H3,(H,38,39). The highest BCUT2D eigenvalue weighted by Crippen LogP contribution is 2.39. The topological polar surface area (TPSA) is 164 Å². The van der Waals surface area contributed by atoms with E-state index in [9.17, 15) is 4.79 Å². The lowest BCUT2D eigenvalue weighted by atomic mass is 10.1. The molecule has 286 valence electrons. The van der Waals surface area contributed by atoms with E-state index in [1.54, 1.807) is 57.7 Å². The van der Waals surface area contributed by atoms with E-state index in [1.165, 1.54) is 0 Å². The first kappa shape index (κ1) is 43.6. The van der Waals surface area contributed by atoms with E-state index >= 15 is 0 Å². The van der Waals surface area contributed by atoms with Crippen molar-refractivity contribution in [2.45, 2.75) is 6.42 Å². The zero-order valence-electron chi connectivity index (χ0n) is 30.2. The fraction of sp³-hybridized carbons (Fsp3) is 0.611. The van der Waals surface area contributed by atoms with Gasteiger partial charge in [0.15, 0.2) is 11.5 Å². The Balaban J connectivity index is 2.15. The molecule has 0 atom stereocenters. The van der Waals surface area contributed by atoms with Crippen LogP contribution in [-0.2, 0) is 49.1 Å². The van der Waals surface area contributed by atoms with Gasteiger partial charge in [-0.2, -0.15) is 5.26 Å². The molecule has 2 aromatic rings. The molecule has 15 heteroatoms. The quantitative estimate of drug-likeness (QED) is 0.107. The molecule has 0 heterocycles. The number of nitrogens with one attached hydrogen (secondary N) is 1. The molecule has 0 saturated heterocycles. The Labute approximate surface area is 301 Å². The zero-order chi connectivity index (χ0) is 36.6. The summed E-state index contributed by atoms with van der Waals surface area (Å²) in [5.74, 6) is 0.489. The molecule has 0 bridgehead atoms. The van der Waals surface area contributed by atoms with E-state index in [1.807, 2.05) is 0 Å². The minimum Gasteiger partial charge on any atom is -0.487 e. The summed E-state index contributed by atoms with van der Waals surface area (Å²) in [7, 11) is 4.84. The second-order valence-corrected chi connectivity index (χ2v) is 10.5. The molecule has 0 saturated carbocycles. The number of amides is 1. The highest BCUT2D eigenvalue weighted by atomic mass is 16.6. The van der Waals surface area contributed by atoms with Gasteiger partial charge in [0.2, 0.25) is 5.75 Å². The largest absolute Gasteiger partial charge is 0.487 e. The van der Waals surface area contributed by atoms with Crippen molar-refractivity contribution < 1.29 is 61.6 Å². The van der Waals surface area contributed by atoms with Crippen molar-refractivity contribution in [3.63, 3.8) is 0 Å². The first-order valence-electron chi connectivity index (χ1n) is 16.9. The Bertz CT molecular complexity index is 1170. The number of hydrogen-bond donors (Lipinski definition) is 1. The number of benzene rings is 2. The number of anilines is 1. The zero-order valence-corrected chi connectivity index (χ0v) is 30.2. The maximum atomic E-state index is 13.5. The summed E-state index contributed by atoms with van der Waals surface area (Å²) in [4.78, 5) is 13.5. The van der Waals surface area contributed by atoms with Crippen molar-refractivity contribution in [3.05, 3.63) is 47.5 Å². The molecule has 0 aliphatic heterocycles. The third kappa shape index (κ3) is 20.8. The molecule has 0 aliphatic rings. The monoisotopic (exact) mass is 722 g/mol. The van der Waals surface area contributed by atoms with Gasteiger partial charge in [-0.25, -0.2) is 0 Å². The SMILES string of the molecule is COCCOCCOCCOc1cc(C(=O)Nc2ccc(CC#N)cc2)cc(OCCOCCOCCOC)c1OCCOCCOCCOC. The van der Waals surface area contributed by atoms with Crippen LogP contribution in [0.5, 0.6) is 17.2 Å². The van der Waals surface area contributed by atoms with Crippen LogP contribution in [0.15, 0.2) is 36.4 Å². The van der Waals surface area contributed by atoms with Crippen molar-refractivity contribution >= 4 is 11.6 Å². The summed E-state index contributed by atoms with van der Waals surface area (Å²) < 4.78 is 66.5. The number of ether oxygens (including phenoxy) is 12. The smallest absolute Gasteiger partial charge is 0.255 e. The number of rotatable bonds is 33. The highest BCUT2D eigenvalue weighted by molar-refractivity contribution is 6.05. The van der Waals surface area contributed by atoms with E-state index in [0.29, 0.717) is 90.7 Å². The molecule has 51 heavy (non-hydrogen) atoms. The van der Waals surface area contributed by atoms with Crippen LogP contribution in [0.1, 0.15) is 15.9 Å². The molecule has 0 fully saturated rings. The highest BCUT2D eigenvalue weighted by Gasteiger charge is 2.20. The first-order chi connectivity index (χ1) is 25.1. The van der Waals surface area contributed by atoms with E-state index in [4.69, 9.17) is 62.1 Å². The molecule has 1 N–H and O–H groups in total. The molecule has 2 aromatic carbocycles. The Kier molecular flexibility index (Phi) is 25.7. The summed E-state index contributed by atoms with van der Waals surface area (Å²) >= 11 is 0. The van der Waals surface area contributed by atoms with Crippen LogP contribution in [0, 0.1) is 11.3 Å². The van der Waals surface area contributed by atoms with E-state index < -0.39 is 5.91 Å². The van der Waals surface area contributed by atoms with E-state index in [-0.39, 0.29) is 63.1 Å². The number of carbonyl (C=O) groups is 1. The summed E-state index contributed by atoms with van der Waals surface area (Å²) in [6, 6.07) is 12.4.